The molecule has 1 N–H and O–H groups in total. The topological polar surface area (TPSA) is 48.3 Å². The average molecular weight is 287 g/mol. The van der Waals surface area contributed by atoms with Crippen molar-refractivity contribution < 1.29 is 9.47 Å². The molecule has 0 saturated carbocycles. The standard InChI is InChI=1S/C16H21N3O2/c1-2-16-18-12-9-14-15(21-8-7-20-14)10-13(12)19(16)11-3-5-17-6-4-11/h9-11,17H,2-8H2,1H3. The van der Waals surface area contributed by atoms with Gasteiger partial charge in [0.15, 0.2) is 11.5 Å². The van der Waals surface area contributed by atoms with Crippen molar-refractivity contribution in [3.05, 3.63) is 18.0 Å². The molecule has 2 aromatic rings. The van der Waals surface area contributed by atoms with Crippen molar-refractivity contribution in [1.29, 1.82) is 0 Å². The molecule has 112 valence electrons. The van der Waals surface area contributed by atoms with Gasteiger partial charge in [0.25, 0.3) is 0 Å². The molecule has 4 rings (SSSR count). The summed E-state index contributed by atoms with van der Waals surface area (Å²) in [6, 6.07) is 4.67. The van der Waals surface area contributed by atoms with Crippen LogP contribution in [0.15, 0.2) is 12.1 Å². The first kappa shape index (κ1) is 13.0. The summed E-state index contributed by atoms with van der Waals surface area (Å²) in [4.78, 5) is 4.82. The van der Waals surface area contributed by atoms with Crippen LogP contribution in [0.2, 0.25) is 0 Å². The molecular formula is C16H21N3O2. The van der Waals surface area contributed by atoms with Crippen LogP contribution in [0.3, 0.4) is 0 Å². The molecule has 2 aliphatic rings. The third-order valence-corrected chi connectivity index (χ3v) is 4.42. The number of nitrogens with zero attached hydrogens (tertiary/aromatic N) is 2. The Morgan fingerprint density at radius 3 is 2.62 bits per heavy atom. The van der Waals surface area contributed by atoms with E-state index in [1.807, 2.05) is 6.07 Å². The Balaban J connectivity index is 1.86. The highest BCUT2D eigenvalue weighted by Crippen LogP contribution is 2.36. The van der Waals surface area contributed by atoms with Crippen molar-refractivity contribution >= 4 is 11.0 Å². The number of nitrogens with one attached hydrogen (secondary N) is 1. The second-order valence-corrected chi connectivity index (χ2v) is 5.72. The maximum atomic E-state index is 5.74. The number of imidazole rings is 1. The first-order chi connectivity index (χ1) is 10.4. The van der Waals surface area contributed by atoms with E-state index >= 15 is 0 Å². The fourth-order valence-electron chi connectivity index (χ4n) is 3.40. The molecule has 21 heavy (non-hydrogen) atoms. The van der Waals surface area contributed by atoms with Crippen LogP contribution < -0.4 is 14.8 Å². The van der Waals surface area contributed by atoms with Gasteiger partial charge in [0.2, 0.25) is 0 Å². The second kappa shape index (κ2) is 5.22. The van der Waals surface area contributed by atoms with E-state index in [1.165, 1.54) is 11.3 Å². The Kier molecular flexibility index (Phi) is 3.22. The van der Waals surface area contributed by atoms with Crippen LogP contribution in [0.1, 0.15) is 31.6 Å². The maximum Gasteiger partial charge on any atom is 0.163 e. The summed E-state index contributed by atoms with van der Waals surface area (Å²) < 4.78 is 13.8. The molecule has 1 aromatic carbocycles. The lowest BCUT2D eigenvalue weighted by atomic mass is 10.1. The zero-order valence-corrected chi connectivity index (χ0v) is 12.4. The van der Waals surface area contributed by atoms with E-state index in [0.29, 0.717) is 19.3 Å². The van der Waals surface area contributed by atoms with Gasteiger partial charge in [0, 0.05) is 24.6 Å². The zero-order chi connectivity index (χ0) is 14.2. The molecule has 0 unspecified atom stereocenters. The Labute approximate surface area is 124 Å². The summed E-state index contributed by atoms with van der Waals surface area (Å²) in [5.74, 6) is 2.84. The van der Waals surface area contributed by atoms with Crippen molar-refractivity contribution in [2.75, 3.05) is 26.3 Å². The SMILES string of the molecule is CCc1nc2cc3c(cc2n1C1CCNCC1)OCCO3. The minimum absolute atomic E-state index is 0.536. The van der Waals surface area contributed by atoms with Gasteiger partial charge in [-0.2, -0.15) is 0 Å². The van der Waals surface area contributed by atoms with E-state index in [4.69, 9.17) is 14.5 Å². The number of ether oxygens (including phenoxy) is 2. The lowest BCUT2D eigenvalue weighted by Crippen LogP contribution is -2.30. The molecule has 0 aliphatic carbocycles. The highest BCUT2D eigenvalue weighted by molar-refractivity contribution is 5.81. The number of benzene rings is 1. The molecule has 0 bridgehead atoms. The first-order valence-corrected chi connectivity index (χ1v) is 7.88. The largest absolute Gasteiger partial charge is 0.486 e. The van der Waals surface area contributed by atoms with E-state index in [0.717, 1.165) is 49.4 Å². The number of hydrogen-bond donors (Lipinski definition) is 1. The van der Waals surface area contributed by atoms with Gasteiger partial charge in [-0.3, -0.25) is 0 Å². The normalized spacial score (nSPS) is 19.1. The Morgan fingerprint density at radius 2 is 1.90 bits per heavy atom. The minimum Gasteiger partial charge on any atom is -0.486 e. The highest BCUT2D eigenvalue weighted by Gasteiger charge is 2.23. The molecule has 0 radical (unpaired) electrons. The van der Waals surface area contributed by atoms with Gasteiger partial charge < -0.3 is 19.4 Å². The van der Waals surface area contributed by atoms with Crippen LogP contribution >= 0.6 is 0 Å². The van der Waals surface area contributed by atoms with Gasteiger partial charge in [0.1, 0.15) is 19.0 Å². The molecular weight excluding hydrogens is 266 g/mol. The second-order valence-electron chi connectivity index (χ2n) is 5.72. The molecule has 1 aromatic heterocycles. The lowest BCUT2D eigenvalue weighted by molar-refractivity contribution is 0.172. The minimum atomic E-state index is 0.536. The molecule has 0 amide bonds. The quantitative estimate of drug-likeness (QED) is 0.920. The van der Waals surface area contributed by atoms with E-state index in [1.54, 1.807) is 0 Å². The number of aromatic nitrogens is 2. The first-order valence-electron chi connectivity index (χ1n) is 7.88. The summed E-state index contributed by atoms with van der Waals surface area (Å²) in [5.41, 5.74) is 2.21. The van der Waals surface area contributed by atoms with Gasteiger partial charge in [0.05, 0.1) is 11.0 Å². The van der Waals surface area contributed by atoms with Gasteiger partial charge in [-0.15, -0.1) is 0 Å². The summed E-state index contributed by atoms with van der Waals surface area (Å²) >= 11 is 0. The van der Waals surface area contributed by atoms with Crippen molar-refractivity contribution in [2.45, 2.75) is 32.2 Å². The van der Waals surface area contributed by atoms with E-state index in [9.17, 15) is 0 Å². The fourth-order valence-corrected chi connectivity index (χ4v) is 3.40. The summed E-state index contributed by atoms with van der Waals surface area (Å²) in [6.45, 7) is 5.58. The maximum absolute atomic E-state index is 5.74. The molecule has 3 heterocycles. The van der Waals surface area contributed by atoms with Crippen molar-refractivity contribution in [2.24, 2.45) is 0 Å². The molecule has 0 spiro atoms. The van der Waals surface area contributed by atoms with Gasteiger partial charge in [-0.1, -0.05) is 6.92 Å². The van der Waals surface area contributed by atoms with E-state index < -0.39 is 0 Å². The number of piperidine rings is 1. The molecule has 2 aliphatic heterocycles. The van der Waals surface area contributed by atoms with Crippen molar-refractivity contribution in [1.82, 2.24) is 14.9 Å². The monoisotopic (exact) mass is 287 g/mol. The van der Waals surface area contributed by atoms with Crippen molar-refractivity contribution in [3.8, 4) is 11.5 Å². The summed E-state index contributed by atoms with van der Waals surface area (Å²) in [5, 5.41) is 3.43. The lowest BCUT2D eigenvalue weighted by Gasteiger charge is -2.26. The Morgan fingerprint density at radius 1 is 1.19 bits per heavy atom. The van der Waals surface area contributed by atoms with Crippen LogP contribution in [0, 0.1) is 0 Å². The average Bonchev–Trinajstić information content (AvgIpc) is 2.91. The van der Waals surface area contributed by atoms with E-state index in [2.05, 4.69) is 22.9 Å². The molecule has 5 heteroatoms. The van der Waals surface area contributed by atoms with Gasteiger partial charge in [-0.25, -0.2) is 4.98 Å². The number of aryl methyl sites for hydroxylation is 1. The van der Waals surface area contributed by atoms with Crippen LogP contribution in [0.25, 0.3) is 11.0 Å². The third-order valence-electron chi connectivity index (χ3n) is 4.42. The Hall–Kier alpha value is -1.75. The van der Waals surface area contributed by atoms with Crippen LogP contribution in [-0.2, 0) is 6.42 Å². The number of hydrogen-bond acceptors (Lipinski definition) is 4. The highest BCUT2D eigenvalue weighted by atomic mass is 16.6. The Bertz CT molecular complexity index is 659. The summed E-state index contributed by atoms with van der Waals surface area (Å²) in [6.07, 6.45) is 3.27. The predicted octanol–water partition coefficient (Wildman–Crippen LogP) is 2.29. The number of rotatable bonds is 2. The molecule has 1 fully saturated rings. The summed E-state index contributed by atoms with van der Waals surface area (Å²) in [7, 11) is 0. The van der Waals surface area contributed by atoms with Crippen LogP contribution in [-0.4, -0.2) is 35.9 Å². The van der Waals surface area contributed by atoms with Crippen molar-refractivity contribution in [3.63, 3.8) is 0 Å². The predicted molar refractivity (Wildman–Crippen MR) is 81.2 cm³/mol. The number of fused-ring (bicyclic) bond motifs is 2. The third kappa shape index (κ3) is 2.16. The van der Waals surface area contributed by atoms with Gasteiger partial charge in [-0.05, 0) is 25.9 Å². The zero-order valence-electron chi connectivity index (χ0n) is 12.4. The smallest absolute Gasteiger partial charge is 0.163 e. The fraction of sp³-hybridized carbons (Fsp3) is 0.562. The molecule has 5 nitrogen and oxygen atoms in total. The molecule has 0 atom stereocenters. The van der Waals surface area contributed by atoms with Crippen LogP contribution in [0.5, 0.6) is 11.5 Å². The molecule has 1 saturated heterocycles. The van der Waals surface area contributed by atoms with E-state index in [-0.39, 0.29) is 0 Å². The van der Waals surface area contributed by atoms with Gasteiger partial charge >= 0.3 is 0 Å². The van der Waals surface area contributed by atoms with Crippen LogP contribution in [0.4, 0.5) is 0 Å².